The Balaban J connectivity index is 2.10. The first kappa shape index (κ1) is 13.1. The summed E-state index contributed by atoms with van der Waals surface area (Å²) in [4.78, 5) is 11.2. The summed E-state index contributed by atoms with van der Waals surface area (Å²) >= 11 is 0. The van der Waals surface area contributed by atoms with Crippen LogP contribution in [0.3, 0.4) is 0 Å². The number of rotatable bonds is 2. The molecule has 17 heavy (non-hydrogen) atoms. The lowest BCUT2D eigenvalue weighted by molar-refractivity contribution is -0.504. The predicted octanol–water partition coefficient (Wildman–Crippen LogP) is 3.59. The first-order chi connectivity index (χ1) is 8.04. The van der Waals surface area contributed by atoms with Gasteiger partial charge in [0.15, 0.2) is 0 Å². The van der Waals surface area contributed by atoms with Crippen molar-refractivity contribution in [2.45, 2.75) is 70.9 Å². The lowest BCUT2D eigenvalue weighted by Crippen LogP contribution is -2.53. The predicted molar refractivity (Wildman–Crippen MR) is 66.3 cm³/mol. The van der Waals surface area contributed by atoms with Crippen molar-refractivity contribution in [3.8, 4) is 0 Å². The molecule has 0 amide bonds. The van der Waals surface area contributed by atoms with Gasteiger partial charge in [0.25, 0.3) is 0 Å². The molecular formula is C14H24O3. The molecule has 98 valence electrons. The van der Waals surface area contributed by atoms with Gasteiger partial charge in [0.2, 0.25) is 5.79 Å². The third-order valence-corrected chi connectivity index (χ3v) is 3.71. The SMILES string of the molecule is C=C(C)[C@H]1OOC2(CCCCC2)O[C@@H]1C(C)C. The topological polar surface area (TPSA) is 27.7 Å². The van der Waals surface area contributed by atoms with Crippen LogP contribution in [0.2, 0.25) is 0 Å². The summed E-state index contributed by atoms with van der Waals surface area (Å²) in [6.45, 7) is 10.2. The summed E-state index contributed by atoms with van der Waals surface area (Å²) in [7, 11) is 0. The lowest BCUT2D eigenvalue weighted by atomic mass is 9.91. The standard InChI is InChI=1S/C14H24O3/c1-10(2)12-13(11(3)4)16-17-14(15-12)8-6-5-7-9-14/h10,12-13H,3,5-9H2,1-2,4H3/t12-,13-/m1/s1. The molecule has 1 spiro atoms. The molecule has 1 aliphatic carbocycles. The van der Waals surface area contributed by atoms with Gasteiger partial charge in [-0.3, -0.25) is 0 Å². The van der Waals surface area contributed by atoms with Crippen molar-refractivity contribution >= 4 is 0 Å². The molecule has 3 nitrogen and oxygen atoms in total. The monoisotopic (exact) mass is 240 g/mol. The van der Waals surface area contributed by atoms with E-state index in [-0.39, 0.29) is 12.2 Å². The van der Waals surface area contributed by atoms with Crippen LogP contribution in [0.4, 0.5) is 0 Å². The van der Waals surface area contributed by atoms with E-state index >= 15 is 0 Å². The van der Waals surface area contributed by atoms with Gasteiger partial charge in [-0.1, -0.05) is 26.8 Å². The third-order valence-electron chi connectivity index (χ3n) is 3.71. The molecule has 1 heterocycles. The summed E-state index contributed by atoms with van der Waals surface area (Å²) in [5.41, 5.74) is 0.967. The average Bonchev–Trinajstić information content (AvgIpc) is 2.29. The van der Waals surface area contributed by atoms with Crippen LogP contribution in [-0.2, 0) is 14.5 Å². The maximum absolute atomic E-state index is 6.24. The molecule has 1 saturated heterocycles. The van der Waals surface area contributed by atoms with Gasteiger partial charge in [-0.25, -0.2) is 9.78 Å². The zero-order valence-corrected chi connectivity index (χ0v) is 11.2. The first-order valence-corrected chi connectivity index (χ1v) is 6.72. The van der Waals surface area contributed by atoms with Crippen LogP contribution in [0.1, 0.15) is 52.9 Å². The highest BCUT2D eigenvalue weighted by atomic mass is 17.2. The number of hydrogen-bond donors (Lipinski definition) is 0. The zero-order valence-electron chi connectivity index (χ0n) is 11.2. The van der Waals surface area contributed by atoms with Gasteiger partial charge in [-0.15, -0.1) is 0 Å². The van der Waals surface area contributed by atoms with Gasteiger partial charge in [0.1, 0.15) is 6.10 Å². The minimum absolute atomic E-state index is 0.0550. The van der Waals surface area contributed by atoms with Crippen molar-refractivity contribution in [2.75, 3.05) is 0 Å². The Hall–Kier alpha value is -0.380. The highest BCUT2D eigenvalue weighted by Crippen LogP contribution is 2.40. The van der Waals surface area contributed by atoms with Crippen molar-refractivity contribution < 1.29 is 14.5 Å². The molecule has 0 aromatic carbocycles. The van der Waals surface area contributed by atoms with Gasteiger partial charge in [0, 0.05) is 12.8 Å². The quantitative estimate of drug-likeness (QED) is 0.545. The molecule has 2 aliphatic rings. The molecule has 3 heteroatoms. The molecule has 0 N–H and O–H groups in total. The van der Waals surface area contributed by atoms with Gasteiger partial charge < -0.3 is 4.74 Å². The van der Waals surface area contributed by atoms with E-state index < -0.39 is 5.79 Å². The minimum atomic E-state index is -0.487. The fraction of sp³-hybridized carbons (Fsp3) is 0.857. The van der Waals surface area contributed by atoms with Crippen LogP contribution in [-0.4, -0.2) is 18.0 Å². The van der Waals surface area contributed by atoms with E-state index in [9.17, 15) is 0 Å². The van der Waals surface area contributed by atoms with E-state index in [2.05, 4.69) is 20.4 Å². The third kappa shape index (κ3) is 2.72. The molecule has 0 radical (unpaired) electrons. The maximum atomic E-state index is 6.24. The molecule has 2 fully saturated rings. The highest BCUT2D eigenvalue weighted by molar-refractivity contribution is 5.03. The average molecular weight is 240 g/mol. The fourth-order valence-corrected chi connectivity index (χ4v) is 2.66. The van der Waals surface area contributed by atoms with Crippen LogP contribution in [0.5, 0.6) is 0 Å². The second-order valence-corrected chi connectivity index (χ2v) is 5.74. The molecule has 2 atom stereocenters. The summed E-state index contributed by atoms with van der Waals surface area (Å²) in [5, 5.41) is 0. The Morgan fingerprint density at radius 3 is 2.41 bits per heavy atom. The zero-order chi connectivity index (χ0) is 12.5. The van der Waals surface area contributed by atoms with Gasteiger partial charge in [-0.2, -0.15) is 0 Å². The van der Waals surface area contributed by atoms with Gasteiger partial charge in [0.05, 0.1) is 6.10 Å². The van der Waals surface area contributed by atoms with Crippen LogP contribution < -0.4 is 0 Å². The van der Waals surface area contributed by atoms with Crippen LogP contribution in [0.25, 0.3) is 0 Å². The summed E-state index contributed by atoms with van der Waals surface area (Å²) < 4.78 is 6.24. The second kappa shape index (κ2) is 5.09. The van der Waals surface area contributed by atoms with E-state index in [1.807, 2.05) is 6.92 Å². The Labute approximate surface area is 104 Å². The molecule has 2 rings (SSSR count). The summed E-state index contributed by atoms with van der Waals surface area (Å²) in [5.74, 6) is -0.0847. The molecule has 1 aliphatic heterocycles. The fourth-order valence-electron chi connectivity index (χ4n) is 2.66. The van der Waals surface area contributed by atoms with Crippen molar-refractivity contribution in [2.24, 2.45) is 5.92 Å². The molecular weight excluding hydrogens is 216 g/mol. The van der Waals surface area contributed by atoms with Gasteiger partial charge in [-0.05, 0) is 31.3 Å². The van der Waals surface area contributed by atoms with E-state index in [0.717, 1.165) is 31.3 Å². The van der Waals surface area contributed by atoms with E-state index in [0.29, 0.717) is 5.92 Å². The Bertz CT molecular complexity index is 279. The molecule has 0 aromatic rings. The summed E-state index contributed by atoms with van der Waals surface area (Å²) in [6.07, 6.45) is 5.39. The van der Waals surface area contributed by atoms with Crippen molar-refractivity contribution in [1.82, 2.24) is 0 Å². The van der Waals surface area contributed by atoms with Crippen molar-refractivity contribution in [1.29, 1.82) is 0 Å². The Morgan fingerprint density at radius 1 is 1.24 bits per heavy atom. The van der Waals surface area contributed by atoms with Crippen LogP contribution >= 0.6 is 0 Å². The molecule has 0 unspecified atom stereocenters. The van der Waals surface area contributed by atoms with Crippen LogP contribution in [0.15, 0.2) is 12.2 Å². The Kier molecular flexibility index (Phi) is 3.91. The smallest absolute Gasteiger partial charge is 0.201 e. The number of hydrogen-bond acceptors (Lipinski definition) is 3. The number of ether oxygens (including phenoxy) is 1. The van der Waals surface area contributed by atoms with Crippen molar-refractivity contribution in [3.05, 3.63) is 12.2 Å². The Morgan fingerprint density at radius 2 is 1.88 bits per heavy atom. The summed E-state index contributed by atoms with van der Waals surface area (Å²) in [6, 6.07) is 0. The van der Waals surface area contributed by atoms with Gasteiger partial charge >= 0.3 is 0 Å². The van der Waals surface area contributed by atoms with Crippen molar-refractivity contribution in [3.63, 3.8) is 0 Å². The maximum Gasteiger partial charge on any atom is 0.201 e. The van der Waals surface area contributed by atoms with E-state index in [1.54, 1.807) is 0 Å². The molecule has 0 aromatic heterocycles. The largest absolute Gasteiger partial charge is 0.340 e. The minimum Gasteiger partial charge on any atom is -0.340 e. The first-order valence-electron chi connectivity index (χ1n) is 6.72. The van der Waals surface area contributed by atoms with E-state index in [4.69, 9.17) is 14.5 Å². The normalized spacial score (nSPS) is 32.9. The van der Waals surface area contributed by atoms with E-state index in [1.165, 1.54) is 6.42 Å². The van der Waals surface area contributed by atoms with Crippen LogP contribution in [0, 0.1) is 5.92 Å². The molecule has 0 bridgehead atoms. The molecule has 1 saturated carbocycles. The highest BCUT2D eigenvalue weighted by Gasteiger charge is 2.46. The second-order valence-electron chi connectivity index (χ2n) is 5.74. The lowest BCUT2D eigenvalue weighted by Gasteiger charge is -2.46.